The molecule has 0 radical (unpaired) electrons. The zero-order valence-electron chi connectivity index (χ0n) is 11.8. The molecule has 2 rings (SSSR count). The molecule has 0 bridgehead atoms. The van der Waals surface area contributed by atoms with Crippen molar-refractivity contribution in [2.45, 2.75) is 9.79 Å². The SMILES string of the molecule is [N-]=[N+]=C(S(=O)(=O)c1c(Cl)cccc1Cl)S(=O)(=O)c1c(Cl)cccc1Cl. The van der Waals surface area contributed by atoms with Crippen molar-refractivity contribution in [2.75, 3.05) is 0 Å². The van der Waals surface area contributed by atoms with E-state index in [0.717, 1.165) is 0 Å². The van der Waals surface area contributed by atoms with Crippen LogP contribution in [0.15, 0.2) is 46.2 Å². The van der Waals surface area contributed by atoms with Crippen LogP contribution in [0, 0.1) is 0 Å². The van der Waals surface area contributed by atoms with Crippen LogP contribution in [0.5, 0.6) is 0 Å². The highest BCUT2D eigenvalue weighted by molar-refractivity contribution is 8.31. The van der Waals surface area contributed by atoms with E-state index in [1.807, 2.05) is 0 Å². The minimum absolute atomic E-state index is 0.353. The molecule has 2 aromatic rings. The van der Waals surface area contributed by atoms with E-state index in [9.17, 15) is 16.8 Å². The highest BCUT2D eigenvalue weighted by atomic mass is 35.5. The summed E-state index contributed by atoms with van der Waals surface area (Å²) in [5, 5.41) is -1.41. The zero-order chi connectivity index (χ0) is 19.0. The Bertz CT molecular complexity index is 1000. The van der Waals surface area contributed by atoms with Gasteiger partial charge in [-0.05, 0) is 24.3 Å². The summed E-state index contributed by atoms with van der Waals surface area (Å²) in [5.74, 6) is 0. The summed E-state index contributed by atoms with van der Waals surface area (Å²) in [4.78, 5) is 1.01. The lowest BCUT2D eigenvalue weighted by Gasteiger charge is -2.08. The molecule has 0 heterocycles. The quantitative estimate of drug-likeness (QED) is 0.291. The predicted molar refractivity (Wildman–Crippen MR) is 95.9 cm³/mol. The van der Waals surface area contributed by atoms with E-state index in [0.29, 0.717) is 0 Å². The largest absolute Gasteiger partial charge is 0.504 e. The first-order chi connectivity index (χ1) is 11.5. The van der Waals surface area contributed by atoms with Gasteiger partial charge in [-0.2, -0.15) is 0 Å². The monoisotopic (exact) mass is 458 g/mol. The number of sulfone groups is 2. The minimum Gasteiger partial charge on any atom is -0.359 e. The van der Waals surface area contributed by atoms with Crippen LogP contribution in [0.2, 0.25) is 20.1 Å². The normalized spacial score (nSPS) is 11.8. The molecule has 25 heavy (non-hydrogen) atoms. The topological polar surface area (TPSA) is 105 Å². The molecule has 0 aliphatic rings. The maximum absolute atomic E-state index is 12.7. The van der Waals surface area contributed by atoms with E-state index in [1.54, 1.807) is 0 Å². The van der Waals surface area contributed by atoms with Gasteiger partial charge in [-0.1, -0.05) is 58.5 Å². The molecule has 132 valence electrons. The fraction of sp³-hybridized carbons (Fsp3) is 0. The van der Waals surface area contributed by atoms with Crippen LogP contribution in [0.4, 0.5) is 0 Å². The molecule has 0 aliphatic heterocycles. The lowest BCUT2D eigenvalue weighted by atomic mass is 10.4. The third-order valence-electron chi connectivity index (χ3n) is 2.92. The molecule has 0 aromatic heterocycles. The van der Waals surface area contributed by atoms with Crippen LogP contribution < -0.4 is 0 Å². The third-order valence-corrected chi connectivity index (χ3v) is 8.98. The summed E-state index contributed by atoms with van der Waals surface area (Å²) in [5.41, 5.74) is 9.14. The average molecular weight is 460 g/mol. The van der Waals surface area contributed by atoms with Crippen molar-refractivity contribution in [3.8, 4) is 0 Å². The molecule has 0 N–H and O–H groups in total. The van der Waals surface area contributed by atoms with Crippen molar-refractivity contribution >= 4 is 70.5 Å². The van der Waals surface area contributed by atoms with Crippen molar-refractivity contribution in [1.82, 2.24) is 0 Å². The number of halogens is 4. The Kier molecular flexibility index (Phi) is 5.85. The first-order valence-corrected chi connectivity index (χ1v) is 10.6. The van der Waals surface area contributed by atoms with E-state index in [4.69, 9.17) is 51.9 Å². The Morgan fingerprint density at radius 1 is 0.720 bits per heavy atom. The van der Waals surface area contributed by atoms with Crippen molar-refractivity contribution in [1.29, 1.82) is 0 Å². The Morgan fingerprint density at radius 3 is 1.24 bits per heavy atom. The van der Waals surface area contributed by atoms with E-state index in [-0.39, 0.29) is 20.1 Å². The molecule has 0 saturated heterocycles. The molecule has 0 fully saturated rings. The van der Waals surface area contributed by atoms with E-state index in [2.05, 4.69) is 4.79 Å². The Morgan fingerprint density at radius 2 is 1.00 bits per heavy atom. The van der Waals surface area contributed by atoms with Gasteiger partial charge in [0.05, 0.1) is 20.1 Å². The van der Waals surface area contributed by atoms with Gasteiger partial charge < -0.3 is 5.53 Å². The van der Waals surface area contributed by atoms with Crippen molar-refractivity contribution in [3.05, 3.63) is 62.0 Å². The van der Waals surface area contributed by atoms with Crippen LogP contribution >= 0.6 is 46.4 Å². The van der Waals surface area contributed by atoms with Crippen LogP contribution in [0.25, 0.3) is 5.53 Å². The number of hydrogen-bond donors (Lipinski definition) is 0. The number of hydrogen-bond acceptors (Lipinski definition) is 4. The average Bonchev–Trinajstić information content (AvgIpc) is 2.46. The second kappa shape index (κ2) is 7.25. The van der Waals surface area contributed by atoms with E-state index in [1.165, 1.54) is 36.4 Å². The first-order valence-electron chi connectivity index (χ1n) is 6.15. The summed E-state index contributed by atoms with van der Waals surface area (Å²) in [6.07, 6.45) is 0. The van der Waals surface area contributed by atoms with Gasteiger partial charge in [0.1, 0.15) is 9.79 Å². The molecule has 0 aliphatic carbocycles. The van der Waals surface area contributed by atoms with Crippen LogP contribution in [0.3, 0.4) is 0 Å². The highest BCUT2D eigenvalue weighted by Crippen LogP contribution is 2.35. The summed E-state index contributed by atoms with van der Waals surface area (Å²) in [6.45, 7) is 0. The van der Waals surface area contributed by atoms with Gasteiger partial charge >= 0.3 is 4.38 Å². The molecular weight excluding hydrogens is 454 g/mol. The van der Waals surface area contributed by atoms with Gasteiger partial charge in [-0.25, -0.2) is 16.8 Å². The molecule has 0 spiro atoms. The third kappa shape index (κ3) is 3.57. The van der Waals surface area contributed by atoms with Crippen LogP contribution in [0.1, 0.15) is 0 Å². The molecule has 2 aromatic carbocycles. The van der Waals surface area contributed by atoms with Gasteiger partial charge in [0.25, 0.3) is 19.7 Å². The number of nitrogens with zero attached hydrogens (tertiary/aromatic N) is 2. The zero-order valence-corrected chi connectivity index (χ0v) is 16.5. The minimum atomic E-state index is -4.92. The van der Waals surface area contributed by atoms with Crippen molar-refractivity contribution in [3.63, 3.8) is 0 Å². The smallest absolute Gasteiger partial charge is 0.359 e. The van der Waals surface area contributed by atoms with Crippen LogP contribution in [-0.4, -0.2) is 26.0 Å². The van der Waals surface area contributed by atoms with Gasteiger partial charge in [-0.15, -0.1) is 4.79 Å². The molecule has 0 saturated carbocycles. The summed E-state index contributed by atoms with van der Waals surface area (Å²) in [6, 6.07) is 7.46. The number of benzene rings is 2. The first kappa shape index (κ1) is 20.2. The second-order valence-corrected chi connectivity index (χ2v) is 9.97. The van der Waals surface area contributed by atoms with Gasteiger partial charge in [0.15, 0.2) is 0 Å². The van der Waals surface area contributed by atoms with Crippen molar-refractivity contribution < 1.29 is 21.6 Å². The van der Waals surface area contributed by atoms with E-state index >= 15 is 0 Å². The van der Waals surface area contributed by atoms with Gasteiger partial charge in [0, 0.05) is 0 Å². The molecule has 6 nitrogen and oxygen atoms in total. The fourth-order valence-electron chi connectivity index (χ4n) is 1.91. The number of rotatable bonds is 2. The maximum atomic E-state index is 12.7. The molecule has 12 heteroatoms. The summed E-state index contributed by atoms with van der Waals surface area (Å²) < 4.78 is 49.3. The summed E-state index contributed by atoms with van der Waals surface area (Å²) in [7, 11) is -9.84. The lowest BCUT2D eigenvalue weighted by Crippen LogP contribution is -2.27. The van der Waals surface area contributed by atoms with Gasteiger partial charge in [-0.3, -0.25) is 0 Å². The van der Waals surface area contributed by atoms with E-state index < -0.39 is 33.8 Å². The lowest BCUT2D eigenvalue weighted by molar-refractivity contribution is 0.00380. The Hall–Kier alpha value is -1.12. The van der Waals surface area contributed by atoms with Crippen LogP contribution in [-0.2, 0) is 19.7 Å². The highest BCUT2D eigenvalue weighted by Gasteiger charge is 2.47. The molecule has 0 amide bonds. The Balaban J connectivity index is 2.83. The maximum Gasteiger partial charge on any atom is 0.504 e. The molecular formula is C13H6Cl4N2O4S2. The summed E-state index contributed by atoms with van der Waals surface area (Å²) >= 11 is 23.3. The predicted octanol–water partition coefficient (Wildman–Crippen LogP) is 4.13. The Labute approximate surface area is 163 Å². The van der Waals surface area contributed by atoms with Gasteiger partial charge in [0.2, 0.25) is 0 Å². The standard InChI is InChI=1S/C13H6Cl4N2O4S2/c14-7-3-1-4-8(15)11(7)24(20,21)13(19-18)25(22,23)12-9(16)5-2-6-10(12)17/h1-6H. The fourth-order valence-corrected chi connectivity index (χ4v) is 7.44. The molecule has 0 atom stereocenters. The van der Waals surface area contributed by atoms with Crippen molar-refractivity contribution in [2.24, 2.45) is 0 Å². The molecule has 0 unspecified atom stereocenters. The second-order valence-electron chi connectivity index (χ2n) is 4.47.